The summed E-state index contributed by atoms with van der Waals surface area (Å²) in [6.07, 6.45) is 3.58. The van der Waals surface area contributed by atoms with Crippen LogP contribution < -0.4 is 5.32 Å². The molecule has 0 bridgehead atoms. The summed E-state index contributed by atoms with van der Waals surface area (Å²) in [5.41, 5.74) is 0.782. The van der Waals surface area contributed by atoms with Crippen molar-refractivity contribution in [2.24, 2.45) is 0 Å². The van der Waals surface area contributed by atoms with Crippen LogP contribution >= 0.6 is 0 Å². The fourth-order valence-corrected chi connectivity index (χ4v) is 3.58. The Morgan fingerprint density at radius 2 is 2.05 bits per heavy atom. The molecule has 0 atom stereocenters. The number of nitrogens with one attached hydrogen (secondary N) is 1. The van der Waals surface area contributed by atoms with E-state index in [1.54, 1.807) is 12.1 Å². The third-order valence-corrected chi connectivity index (χ3v) is 5.72. The second kappa shape index (κ2) is 6.67. The predicted molar refractivity (Wildman–Crippen MR) is 77.8 cm³/mol. The Morgan fingerprint density at radius 3 is 2.65 bits per heavy atom. The normalized spacial score (nSPS) is 16.4. The third kappa shape index (κ3) is 3.38. The zero-order chi connectivity index (χ0) is 14.6. The van der Waals surface area contributed by atoms with Gasteiger partial charge in [0.2, 0.25) is 10.0 Å². The molecule has 2 N–H and O–H groups in total. The van der Waals surface area contributed by atoms with Crippen molar-refractivity contribution in [3.63, 3.8) is 0 Å². The summed E-state index contributed by atoms with van der Waals surface area (Å²) in [5, 5.41) is 12.3. The average molecular weight is 298 g/mol. The van der Waals surface area contributed by atoms with Crippen LogP contribution in [0.4, 0.5) is 0 Å². The number of hydrogen-bond acceptors (Lipinski definition) is 4. The molecule has 20 heavy (non-hydrogen) atoms. The van der Waals surface area contributed by atoms with Crippen LogP contribution in [0.2, 0.25) is 0 Å². The summed E-state index contributed by atoms with van der Waals surface area (Å²) in [7, 11) is -2.05. The van der Waals surface area contributed by atoms with Crippen LogP contribution in [0, 0.1) is 0 Å². The monoisotopic (exact) mass is 298 g/mol. The molecule has 0 spiro atoms. The number of benzene rings is 1. The molecule has 6 heteroatoms. The Hall–Kier alpha value is -0.950. The maximum atomic E-state index is 12.5. The van der Waals surface area contributed by atoms with E-state index < -0.39 is 10.0 Å². The van der Waals surface area contributed by atoms with Gasteiger partial charge < -0.3 is 10.4 Å². The molecule has 2 rings (SSSR count). The lowest BCUT2D eigenvalue weighted by atomic mass is 9.93. The van der Waals surface area contributed by atoms with Crippen molar-refractivity contribution in [3.8, 4) is 0 Å². The lowest BCUT2D eigenvalue weighted by Gasteiger charge is -2.27. The lowest BCUT2D eigenvalue weighted by Crippen LogP contribution is -2.35. The second-order valence-corrected chi connectivity index (χ2v) is 7.18. The van der Waals surface area contributed by atoms with Crippen LogP contribution in [0.15, 0.2) is 29.2 Å². The van der Waals surface area contributed by atoms with Crippen molar-refractivity contribution in [1.29, 1.82) is 0 Å². The number of sulfonamides is 1. The molecule has 5 nitrogen and oxygen atoms in total. The zero-order valence-corrected chi connectivity index (χ0v) is 12.6. The summed E-state index contributed by atoms with van der Waals surface area (Å²) < 4.78 is 26.1. The van der Waals surface area contributed by atoms with Crippen molar-refractivity contribution in [1.82, 2.24) is 9.62 Å². The molecule has 1 aromatic rings. The van der Waals surface area contributed by atoms with Gasteiger partial charge in [0, 0.05) is 26.2 Å². The maximum Gasteiger partial charge on any atom is 0.243 e. The molecule has 1 aliphatic carbocycles. The molecule has 0 saturated heterocycles. The molecule has 1 aromatic carbocycles. The number of nitrogens with zero attached hydrogens (tertiary/aromatic N) is 1. The molecule has 0 amide bonds. The van der Waals surface area contributed by atoms with E-state index in [9.17, 15) is 8.42 Å². The topological polar surface area (TPSA) is 69.6 Å². The Bertz CT molecular complexity index is 541. The van der Waals surface area contributed by atoms with E-state index in [1.807, 2.05) is 12.1 Å². The first kappa shape index (κ1) is 15.4. The summed E-state index contributed by atoms with van der Waals surface area (Å²) in [5.74, 6) is 0. The molecule has 0 unspecified atom stereocenters. The van der Waals surface area contributed by atoms with Gasteiger partial charge in [0.1, 0.15) is 0 Å². The van der Waals surface area contributed by atoms with E-state index >= 15 is 0 Å². The van der Waals surface area contributed by atoms with E-state index in [-0.39, 0.29) is 13.2 Å². The number of likely N-dealkylation sites (N-methyl/N-ethyl adjacent to an activating group) is 1. The van der Waals surface area contributed by atoms with Gasteiger partial charge in [0.15, 0.2) is 0 Å². The van der Waals surface area contributed by atoms with Gasteiger partial charge in [-0.2, -0.15) is 4.31 Å². The van der Waals surface area contributed by atoms with Gasteiger partial charge in [-0.15, -0.1) is 0 Å². The zero-order valence-electron chi connectivity index (χ0n) is 11.7. The van der Waals surface area contributed by atoms with Crippen molar-refractivity contribution in [3.05, 3.63) is 29.8 Å². The van der Waals surface area contributed by atoms with Crippen LogP contribution in [0.1, 0.15) is 24.8 Å². The Labute approximate surface area is 120 Å². The van der Waals surface area contributed by atoms with E-state index in [2.05, 4.69) is 5.32 Å². The minimum atomic E-state index is -3.54. The van der Waals surface area contributed by atoms with E-state index in [1.165, 1.54) is 30.6 Å². The van der Waals surface area contributed by atoms with Crippen LogP contribution in [-0.2, 0) is 16.6 Å². The molecular weight excluding hydrogens is 276 g/mol. The van der Waals surface area contributed by atoms with Crippen molar-refractivity contribution < 1.29 is 13.5 Å². The number of aliphatic hydroxyl groups excluding tert-OH is 1. The number of aliphatic hydroxyl groups is 1. The van der Waals surface area contributed by atoms with Crippen molar-refractivity contribution >= 4 is 10.0 Å². The molecule has 0 radical (unpaired) electrons. The fraction of sp³-hybridized carbons (Fsp3) is 0.571. The van der Waals surface area contributed by atoms with E-state index in [4.69, 9.17) is 5.11 Å². The highest BCUT2D eigenvalue weighted by Crippen LogP contribution is 2.22. The minimum Gasteiger partial charge on any atom is -0.395 e. The molecule has 112 valence electrons. The van der Waals surface area contributed by atoms with Gasteiger partial charge in [-0.05, 0) is 24.5 Å². The quantitative estimate of drug-likeness (QED) is 0.786. The molecule has 0 aliphatic heterocycles. The highest BCUT2D eigenvalue weighted by molar-refractivity contribution is 7.89. The number of hydrogen-bond donors (Lipinski definition) is 2. The van der Waals surface area contributed by atoms with Gasteiger partial charge in [-0.1, -0.05) is 24.6 Å². The Balaban J connectivity index is 2.17. The summed E-state index contributed by atoms with van der Waals surface area (Å²) in [6.45, 7) is 0.484. The standard InChI is InChI=1S/C14H22N2O3S/c1-16(9-10-17)20(18,19)14-8-3-2-5-12(14)11-15-13-6-4-7-13/h2-3,5,8,13,15,17H,4,6-7,9-11H2,1H3. The smallest absolute Gasteiger partial charge is 0.243 e. The van der Waals surface area contributed by atoms with Crippen LogP contribution in [0.3, 0.4) is 0 Å². The van der Waals surface area contributed by atoms with Gasteiger partial charge in [-0.25, -0.2) is 8.42 Å². The first-order chi connectivity index (χ1) is 9.55. The van der Waals surface area contributed by atoms with Gasteiger partial charge in [0.25, 0.3) is 0 Å². The third-order valence-electron chi connectivity index (χ3n) is 3.76. The Morgan fingerprint density at radius 1 is 1.35 bits per heavy atom. The predicted octanol–water partition coefficient (Wildman–Crippen LogP) is 0.941. The first-order valence-corrected chi connectivity index (χ1v) is 8.38. The Kier molecular flexibility index (Phi) is 5.15. The highest BCUT2D eigenvalue weighted by atomic mass is 32.2. The first-order valence-electron chi connectivity index (χ1n) is 6.94. The SMILES string of the molecule is CN(CCO)S(=O)(=O)c1ccccc1CNC1CCC1. The van der Waals surface area contributed by atoms with Gasteiger partial charge >= 0.3 is 0 Å². The summed E-state index contributed by atoms with van der Waals surface area (Å²) in [6, 6.07) is 7.56. The van der Waals surface area contributed by atoms with Gasteiger partial charge in [-0.3, -0.25) is 0 Å². The fourth-order valence-electron chi connectivity index (χ4n) is 2.20. The summed E-state index contributed by atoms with van der Waals surface area (Å²) >= 11 is 0. The van der Waals surface area contributed by atoms with E-state index in [0.29, 0.717) is 17.5 Å². The second-order valence-electron chi connectivity index (χ2n) is 5.17. The molecule has 1 aliphatic rings. The van der Waals surface area contributed by atoms with Crippen molar-refractivity contribution in [2.75, 3.05) is 20.2 Å². The minimum absolute atomic E-state index is 0.104. The molecule has 0 aromatic heterocycles. The van der Waals surface area contributed by atoms with Crippen LogP contribution in [0.5, 0.6) is 0 Å². The highest BCUT2D eigenvalue weighted by Gasteiger charge is 2.24. The molecule has 1 fully saturated rings. The molecular formula is C14H22N2O3S. The van der Waals surface area contributed by atoms with E-state index in [0.717, 1.165) is 5.56 Å². The van der Waals surface area contributed by atoms with Gasteiger partial charge in [0.05, 0.1) is 11.5 Å². The molecule has 1 saturated carbocycles. The van der Waals surface area contributed by atoms with Crippen molar-refractivity contribution in [2.45, 2.75) is 36.7 Å². The van der Waals surface area contributed by atoms with Crippen LogP contribution in [0.25, 0.3) is 0 Å². The molecule has 0 heterocycles. The summed E-state index contributed by atoms with van der Waals surface area (Å²) in [4.78, 5) is 0.322. The maximum absolute atomic E-state index is 12.5. The largest absolute Gasteiger partial charge is 0.395 e. The number of rotatable bonds is 7. The van der Waals surface area contributed by atoms with Crippen LogP contribution in [-0.4, -0.2) is 44.1 Å². The lowest BCUT2D eigenvalue weighted by molar-refractivity contribution is 0.266. The average Bonchev–Trinajstić information content (AvgIpc) is 2.37.